The summed E-state index contributed by atoms with van der Waals surface area (Å²) in [6.45, 7) is 6.84. The molecule has 9 atom stereocenters. The maximum absolute atomic E-state index is 12.1. The van der Waals surface area contributed by atoms with Crippen LogP contribution in [0.1, 0.15) is 91.4 Å². The van der Waals surface area contributed by atoms with Crippen molar-refractivity contribution < 1.29 is 94.3 Å². The Bertz CT molecular complexity index is 1090. The number of hydrogen-bond acceptors (Lipinski definition) is 8. The second-order valence-electron chi connectivity index (χ2n) is 12.9. The van der Waals surface area contributed by atoms with Crippen molar-refractivity contribution in [1.29, 1.82) is 0 Å². The fourth-order valence-electron chi connectivity index (χ4n) is 9.37. The molecule has 13 heteroatoms. The Morgan fingerprint density at radius 3 is 2.28 bits per heavy atom. The van der Waals surface area contributed by atoms with E-state index >= 15 is 0 Å². The number of hydrogen-bond donors (Lipinski definition) is 1. The summed E-state index contributed by atoms with van der Waals surface area (Å²) in [7, 11) is -8.78. The van der Waals surface area contributed by atoms with Crippen LogP contribution in [0.3, 0.4) is 0 Å². The zero-order valence-electron chi connectivity index (χ0n) is 24.3. The average Bonchev–Trinajstić information content (AvgIpc) is 3.13. The zero-order chi connectivity index (χ0) is 27.2. The molecule has 214 valence electrons. The van der Waals surface area contributed by atoms with Crippen molar-refractivity contribution in [2.24, 2.45) is 51.3 Å². The van der Waals surface area contributed by atoms with Crippen molar-refractivity contribution in [2.75, 3.05) is 12.3 Å². The molecule has 0 aliphatic heterocycles. The number of rotatable bonds is 9. The van der Waals surface area contributed by atoms with Gasteiger partial charge >= 0.3 is 69.5 Å². The molecule has 0 aromatic carbocycles. The largest absolute Gasteiger partial charge is 1.00 e. The first kappa shape index (κ1) is 36.4. The van der Waals surface area contributed by atoms with Gasteiger partial charge in [-0.05, 0) is 123 Å². The van der Waals surface area contributed by atoms with Crippen LogP contribution in [-0.4, -0.2) is 50.2 Å². The van der Waals surface area contributed by atoms with E-state index in [9.17, 15) is 26.5 Å². The maximum Gasteiger partial charge on any atom is 1.00 e. The van der Waals surface area contributed by atoms with Crippen LogP contribution < -0.4 is 64.2 Å². The third kappa shape index (κ3) is 8.46. The van der Waals surface area contributed by atoms with Crippen LogP contribution in [0.2, 0.25) is 0 Å². The van der Waals surface area contributed by atoms with E-state index in [1.54, 1.807) is 0 Å². The van der Waals surface area contributed by atoms with Gasteiger partial charge in [0, 0.05) is 0 Å². The van der Waals surface area contributed by atoms with Crippen molar-refractivity contribution in [2.45, 2.75) is 97.5 Å². The van der Waals surface area contributed by atoms with Gasteiger partial charge in [-0.1, -0.05) is 20.8 Å². The molecule has 4 fully saturated rings. The molecular formula is C26H43NNa2O8S2. The van der Waals surface area contributed by atoms with E-state index in [2.05, 4.69) is 25.8 Å². The molecule has 9 unspecified atom stereocenters. The third-order valence-corrected chi connectivity index (χ3v) is 12.3. The summed E-state index contributed by atoms with van der Waals surface area (Å²) in [6, 6.07) is 0. The van der Waals surface area contributed by atoms with Crippen molar-refractivity contribution in [3.63, 3.8) is 0 Å². The Labute approximate surface area is 279 Å². The Morgan fingerprint density at radius 2 is 1.64 bits per heavy atom. The van der Waals surface area contributed by atoms with E-state index in [4.69, 9.17) is 8.74 Å². The molecule has 4 saturated carbocycles. The van der Waals surface area contributed by atoms with Crippen molar-refractivity contribution in [3.05, 3.63) is 0 Å². The van der Waals surface area contributed by atoms with E-state index in [0.717, 1.165) is 32.1 Å². The molecule has 0 bridgehead atoms. The molecule has 0 radical (unpaired) electrons. The van der Waals surface area contributed by atoms with Crippen LogP contribution in [0.25, 0.3) is 0 Å². The van der Waals surface area contributed by atoms with Gasteiger partial charge in [-0.15, -0.1) is 0 Å². The molecule has 4 aliphatic carbocycles. The molecule has 0 amide bonds. The molecule has 0 saturated heterocycles. The summed E-state index contributed by atoms with van der Waals surface area (Å²) < 4.78 is 68.8. The molecule has 39 heavy (non-hydrogen) atoms. The van der Waals surface area contributed by atoms with Gasteiger partial charge in [-0.2, -0.15) is 8.42 Å². The van der Waals surface area contributed by atoms with Gasteiger partial charge in [0.1, 0.15) is 0 Å². The van der Waals surface area contributed by atoms with E-state index in [1.165, 1.54) is 19.3 Å². The van der Waals surface area contributed by atoms with Crippen LogP contribution in [0.5, 0.6) is 0 Å². The first-order chi connectivity index (χ1) is 17.1. The summed E-state index contributed by atoms with van der Waals surface area (Å²) in [5, 5.41) is 12.1. The first-order valence-electron chi connectivity index (χ1n) is 13.9. The van der Waals surface area contributed by atoms with Gasteiger partial charge in [-0.3, -0.25) is 4.55 Å². The van der Waals surface area contributed by atoms with E-state index < -0.39 is 32.4 Å². The Kier molecular flexibility index (Phi) is 13.0. The van der Waals surface area contributed by atoms with Crippen LogP contribution >= 0.6 is 0 Å². The predicted molar refractivity (Wildman–Crippen MR) is 137 cm³/mol. The standard InChI is InChI=1S/C26H45NO8S2.2Na/c1-17(4-9-24(28)27-14-15-36(29,30)31)21-7-8-22-20-6-5-18-16-19(35-37(32,33)34)10-12-25(18,2)23(20)11-13-26(21,22)3;;/h17-23H,4-16H2,1-3H3,(H,27,28)(H,29,30,31)(H,32,33,34);;/q;2*+1/p-2. The van der Waals surface area contributed by atoms with Gasteiger partial charge in [-0.25, -0.2) is 12.6 Å². The van der Waals surface area contributed by atoms with Crippen LogP contribution in [0.15, 0.2) is 4.99 Å². The van der Waals surface area contributed by atoms with Crippen molar-refractivity contribution in [1.82, 2.24) is 0 Å². The first-order valence-corrected chi connectivity index (χ1v) is 16.9. The second-order valence-corrected chi connectivity index (χ2v) is 15.4. The van der Waals surface area contributed by atoms with Gasteiger partial charge in [0.25, 0.3) is 0 Å². The van der Waals surface area contributed by atoms with E-state index in [-0.39, 0.29) is 88.8 Å². The fourth-order valence-corrected chi connectivity index (χ4v) is 10.2. The molecule has 0 heterocycles. The van der Waals surface area contributed by atoms with Crippen molar-refractivity contribution in [3.8, 4) is 0 Å². The van der Waals surface area contributed by atoms with Crippen molar-refractivity contribution >= 4 is 26.4 Å². The maximum atomic E-state index is 12.1. The minimum Gasteiger partial charge on any atom is -0.862 e. The summed E-state index contributed by atoms with van der Waals surface area (Å²) >= 11 is 0. The molecule has 0 aromatic heterocycles. The quantitative estimate of drug-likeness (QED) is 0.131. The third-order valence-electron chi connectivity index (χ3n) is 11.1. The molecule has 0 aromatic rings. The van der Waals surface area contributed by atoms with E-state index in [0.29, 0.717) is 48.3 Å². The number of nitrogens with zero attached hydrogens (tertiary/aromatic N) is 1. The Hall–Kier alpha value is 1.25. The summed E-state index contributed by atoms with van der Waals surface area (Å²) in [4.78, 5) is 3.76. The molecule has 9 nitrogen and oxygen atoms in total. The van der Waals surface area contributed by atoms with Gasteiger partial charge < -0.3 is 14.7 Å². The molecular weight excluding hydrogens is 564 g/mol. The normalized spacial score (nSPS) is 39.4. The average molecular weight is 608 g/mol. The SMILES string of the molecule is CC(CCC([O-])=NCCS(=O)(=O)[O-])C1CCC2C3CCC4CC(OS(=O)(=O)O)CCC4(C)C3CCC12C.[Na+].[Na+]. The molecule has 4 rings (SSSR count). The predicted octanol–water partition coefficient (Wildman–Crippen LogP) is -2.44. The molecule has 1 N–H and O–H groups in total. The summed E-state index contributed by atoms with van der Waals surface area (Å²) in [6.07, 6.45) is 9.83. The van der Waals surface area contributed by atoms with Gasteiger partial charge in [0.05, 0.1) is 28.5 Å². The Balaban J connectivity index is 0.00000267. The Morgan fingerprint density at radius 1 is 1.00 bits per heavy atom. The summed E-state index contributed by atoms with van der Waals surface area (Å²) in [5.41, 5.74) is 0.421. The summed E-state index contributed by atoms with van der Waals surface area (Å²) in [5.74, 6) is 2.33. The van der Waals surface area contributed by atoms with Crippen LogP contribution in [0, 0.1) is 46.3 Å². The smallest absolute Gasteiger partial charge is 0.862 e. The van der Waals surface area contributed by atoms with Gasteiger partial charge in [0.15, 0.2) is 0 Å². The van der Waals surface area contributed by atoms with Gasteiger partial charge in [0.2, 0.25) is 0 Å². The molecule has 0 spiro atoms. The number of aliphatic imine (C=N–C) groups is 1. The monoisotopic (exact) mass is 607 g/mol. The minimum absolute atomic E-state index is 0. The molecule has 4 aliphatic rings. The van der Waals surface area contributed by atoms with Crippen LogP contribution in [-0.2, 0) is 24.7 Å². The topological polar surface area (TPSA) is 156 Å². The minimum atomic E-state index is -4.42. The van der Waals surface area contributed by atoms with Crippen LogP contribution in [0.4, 0.5) is 0 Å². The second kappa shape index (κ2) is 13.9. The fraction of sp³-hybridized carbons (Fsp3) is 0.962. The zero-order valence-corrected chi connectivity index (χ0v) is 29.9. The number of fused-ring (bicyclic) bond motifs is 5. The van der Waals surface area contributed by atoms with E-state index in [1.807, 2.05) is 0 Å².